The average molecular weight is 664 g/mol. The van der Waals surface area contributed by atoms with Crippen molar-refractivity contribution in [3.05, 3.63) is 119 Å². The first-order chi connectivity index (χ1) is 22.2. The van der Waals surface area contributed by atoms with Crippen LogP contribution in [0.15, 0.2) is 108 Å². The molecule has 9 nitrogen and oxygen atoms in total. The van der Waals surface area contributed by atoms with Crippen LogP contribution in [0.4, 0.5) is 5.69 Å². The molecule has 2 amide bonds. The van der Waals surface area contributed by atoms with Crippen molar-refractivity contribution in [3.8, 4) is 11.5 Å². The third kappa shape index (κ3) is 8.38. The first-order valence-electron chi connectivity index (χ1n) is 14.8. The smallest absolute Gasteiger partial charge is 0.264 e. The van der Waals surface area contributed by atoms with Crippen LogP contribution in [0, 0.1) is 0 Å². The van der Waals surface area contributed by atoms with Crippen LogP contribution < -0.4 is 19.1 Å². The van der Waals surface area contributed by atoms with E-state index >= 15 is 0 Å². The summed E-state index contributed by atoms with van der Waals surface area (Å²) in [5.74, 6) is -0.351. The quantitative estimate of drug-likeness (QED) is 0.175. The van der Waals surface area contributed by atoms with Gasteiger partial charge in [0.1, 0.15) is 12.6 Å². The van der Waals surface area contributed by atoms with Gasteiger partial charge < -0.3 is 19.7 Å². The zero-order valence-corrected chi connectivity index (χ0v) is 27.6. The van der Waals surface area contributed by atoms with Gasteiger partial charge in [0.15, 0.2) is 11.5 Å². The van der Waals surface area contributed by atoms with Crippen molar-refractivity contribution in [2.24, 2.45) is 0 Å². The monoisotopic (exact) mass is 663 g/mol. The lowest BCUT2D eigenvalue weighted by molar-refractivity contribution is -0.140. The van der Waals surface area contributed by atoms with Crippen molar-refractivity contribution in [3.63, 3.8) is 0 Å². The van der Waals surface area contributed by atoms with Crippen LogP contribution in [0.1, 0.15) is 24.5 Å². The number of amides is 2. The topological polar surface area (TPSA) is 105 Å². The Balaban J connectivity index is 1.81. The largest absolute Gasteiger partial charge is 0.493 e. The number of hydrogen-bond donors (Lipinski definition) is 1. The number of nitrogens with one attached hydrogen (secondary N) is 1. The van der Waals surface area contributed by atoms with Crippen molar-refractivity contribution in [1.29, 1.82) is 0 Å². The summed E-state index contributed by atoms with van der Waals surface area (Å²) in [5.41, 5.74) is 1.74. The lowest BCUT2D eigenvalue weighted by atomic mass is 10.0. The highest BCUT2D eigenvalue weighted by molar-refractivity contribution is 7.92. The number of methoxy groups -OCH3 is 2. The highest BCUT2D eigenvalue weighted by Gasteiger charge is 2.35. The van der Waals surface area contributed by atoms with Gasteiger partial charge in [0.05, 0.1) is 24.8 Å². The molecule has 11 heteroatoms. The van der Waals surface area contributed by atoms with Crippen molar-refractivity contribution >= 4 is 39.1 Å². The summed E-state index contributed by atoms with van der Waals surface area (Å²) < 4.78 is 40.2. The number of ether oxygens (including phenoxy) is 2. The highest BCUT2D eigenvalue weighted by Crippen LogP contribution is 2.32. The van der Waals surface area contributed by atoms with Gasteiger partial charge in [-0.15, -0.1) is 0 Å². The van der Waals surface area contributed by atoms with Crippen molar-refractivity contribution in [2.45, 2.75) is 37.2 Å². The minimum absolute atomic E-state index is 0.0193. The Hall–Kier alpha value is -4.54. The van der Waals surface area contributed by atoms with Gasteiger partial charge in [-0.25, -0.2) is 8.42 Å². The van der Waals surface area contributed by atoms with Gasteiger partial charge >= 0.3 is 0 Å². The van der Waals surface area contributed by atoms with E-state index < -0.39 is 28.5 Å². The number of para-hydroxylation sites is 1. The van der Waals surface area contributed by atoms with E-state index in [1.165, 1.54) is 37.3 Å². The highest BCUT2D eigenvalue weighted by atomic mass is 35.5. The Morgan fingerprint density at radius 1 is 0.848 bits per heavy atom. The molecule has 0 saturated heterocycles. The van der Waals surface area contributed by atoms with E-state index in [1.54, 1.807) is 54.6 Å². The number of rotatable bonds is 15. The predicted molar refractivity (Wildman–Crippen MR) is 180 cm³/mol. The molecule has 1 atom stereocenters. The molecule has 4 aromatic rings. The summed E-state index contributed by atoms with van der Waals surface area (Å²) in [4.78, 5) is 29.6. The van der Waals surface area contributed by atoms with Crippen LogP contribution in [0.2, 0.25) is 5.02 Å². The molecule has 242 valence electrons. The van der Waals surface area contributed by atoms with Crippen molar-refractivity contribution < 1.29 is 27.5 Å². The Labute approximate surface area is 275 Å². The van der Waals surface area contributed by atoms with E-state index in [1.807, 2.05) is 37.3 Å². The molecule has 46 heavy (non-hydrogen) atoms. The molecule has 0 radical (unpaired) electrons. The van der Waals surface area contributed by atoms with Gasteiger partial charge in [0.2, 0.25) is 11.8 Å². The summed E-state index contributed by atoms with van der Waals surface area (Å²) in [5, 5.41) is 3.35. The molecule has 0 aliphatic heterocycles. The fourth-order valence-corrected chi connectivity index (χ4v) is 6.58. The van der Waals surface area contributed by atoms with Gasteiger partial charge in [-0.1, -0.05) is 85.3 Å². The molecular formula is C35H38ClN3O6S. The second-order valence-electron chi connectivity index (χ2n) is 10.5. The standard InChI is InChI=1S/C35H38ClN3O6S/c1-4-21-37-35(41)31(22-26-13-7-5-8-14-26)38(24-27-15-11-12-18-30(27)36)34(40)25-39(28-16-9-6-10-17-28)46(42,43)29-19-20-32(44-2)33(23-29)45-3/h5-20,23,31H,4,21-22,24-25H2,1-3H3,(H,37,41)/t31-/m0/s1. The van der Waals surface area contributed by atoms with Crippen LogP contribution in [-0.4, -0.2) is 58.5 Å². The second kappa shape index (κ2) is 16.1. The Morgan fingerprint density at radius 2 is 1.48 bits per heavy atom. The van der Waals surface area contributed by atoms with Crippen LogP contribution in [0.3, 0.4) is 0 Å². The van der Waals surface area contributed by atoms with E-state index in [0.717, 1.165) is 9.87 Å². The molecule has 4 rings (SSSR count). The molecule has 0 aromatic heterocycles. The lowest BCUT2D eigenvalue weighted by Crippen LogP contribution is -2.53. The lowest BCUT2D eigenvalue weighted by Gasteiger charge is -2.34. The zero-order chi connectivity index (χ0) is 33.1. The van der Waals surface area contributed by atoms with E-state index in [-0.39, 0.29) is 35.2 Å². The maximum Gasteiger partial charge on any atom is 0.264 e. The minimum Gasteiger partial charge on any atom is -0.493 e. The molecule has 0 unspecified atom stereocenters. The van der Waals surface area contributed by atoms with Gasteiger partial charge in [-0.05, 0) is 47.9 Å². The first-order valence-corrected chi connectivity index (χ1v) is 16.7. The number of nitrogens with zero attached hydrogens (tertiary/aromatic N) is 2. The average Bonchev–Trinajstić information content (AvgIpc) is 3.08. The summed E-state index contributed by atoms with van der Waals surface area (Å²) in [6.07, 6.45) is 0.911. The molecule has 1 N–H and O–H groups in total. The third-order valence-electron chi connectivity index (χ3n) is 7.38. The van der Waals surface area contributed by atoms with Gasteiger partial charge in [-0.2, -0.15) is 0 Å². The van der Waals surface area contributed by atoms with E-state index in [2.05, 4.69) is 5.32 Å². The predicted octanol–water partition coefficient (Wildman–Crippen LogP) is 5.72. The molecule has 0 spiro atoms. The summed E-state index contributed by atoms with van der Waals surface area (Å²) in [6.45, 7) is 1.75. The number of carbonyl (C=O) groups is 2. The molecule has 0 aliphatic rings. The van der Waals surface area contributed by atoms with Gasteiger partial charge in [0.25, 0.3) is 10.0 Å². The van der Waals surface area contributed by atoms with Gasteiger partial charge in [0, 0.05) is 30.6 Å². The first kappa shape index (κ1) is 34.3. The van der Waals surface area contributed by atoms with Crippen LogP contribution in [0.25, 0.3) is 0 Å². The summed E-state index contributed by atoms with van der Waals surface area (Å²) >= 11 is 6.54. The molecule has 0 aliphatic carbocycles. The fraction of sp³-hybridized carbons (Fsp3) is 0.257. The maximum atomic E-state index is 14.5. The minimum atomic E-state index is -4.32. The number of carbonyl (C=O) groups excluding carboxylic acids is 2. The fourth-order valence-electron chi connectivity index (χ4n) is 4.96. The molecular weight excluding hydrogens is 626 g/mol. The van der Waals surface area contributed by atoms with E-state index in [0.29, 0.717) is 29.3 Å². The van der Waals surface area contributed by atoms with Crippen LogP contribution in [0.5, 0.6) is 11.5 Å². The van der Waals surface area contributed by atoms with Gasteiger partial charge in [-0.3, -0.25) is 13.9 Å². The van der Waals surface area contributed by atoms with Crippen LogP contribution in [-0.2, 0) is 32.6 Å². The number of anilines is 1. The third-order valence-corrected chi connectivity index (χ3v) is 9.52. The van der Waals surface area contributed by atoms with Crippen molar-refractivity contribution in [2.75, 3.05) is 31.6 Å². The molecule has 0 saturated carbocycles. The van der Waals surface area contributed by atoms with E-state index in [4.69, 9.17) is 21.1 Å². The van der Waals surface area contributed by atoms with E-state index in [9.17, 15) is 18.0 Å². The number of hydrogen-bond acceptors (Lipinski definition) is 6. The molecule has 0 heterocycles. The van der Waals surface area contributed by atoms with Crippen molar-refractivity contribution in [1.82, 2.24) is 10.2 Å². The number of sulfonamides is 1. The Kier molecular flexibility index (Phi) is 12.1. The second-order valence-corrected chi connectivity index (χ2v) is 12.7. The normalized spacial score (nSPS) is 11.7. The molecule has 0 fully saturated rings. The maximum absolute atomic E-state index is 14.5. The summed E-state index contributed by atoms with van der Waals surface area (Å²) in [6, 6.07) is 28.1. The molecule has 4 aromatic carbocycles. The zero-order valence-electron chi connectivity index (χ0n) is 26.1. The Bertz CT molecular complexity index is 1720. The number of halogens is 1. The SMILES string of the molecule is CCCNC(=O)[C@H](Cc1ccccc1)N(Cc1ccccc1Cl)C(=O)CN(c1ccccc1)S(=O)(=O)c1ccc(OC)c(OC)c1. The Morgan fingerprint density at radius 3 is 2.11 bits per heavy atom. The van der Waals surface area contributed by atoms with Crippen LogP contribution >= 0.6 is 11.6 Å². The summed E-state index contributed by atoms with van der Waals surface area (Å²) in [7, 11) is -1.45. The molecule has 0 bridgehead atoms. The number of benzene rings is 4.